The highest BCUT2D eigenvalue weighted by Gasteiger charge is 2.16. The number of fused-ring (bicyclic) bond motifs is 1. The van der Waals surface area contributed by atoms with Gasteiger partial charge < -0.3 is 10.1 Å². The molecule has 30 heavy (non-hydrogen) atoms. The number of nitrogens with zero attached hydrogens (tertiary/aromatic N) is 1. The Morgan fingerprint density at radius 3 is 2.53 bits per heavy atom. The van der Waals surface area contributed by atoms with Crippen molar-refractivity contribution in [2.75, 3.05) is 12.4 Å². The Kier molecular flexibility index (Phi) is 5.68. The number of pyridine rings is 1. The minimum Gasteiger partial charge on any atom is -0.495 e. The van der Waals surface area contributed by atoms with Crippen molar-refractivity contribution in [1.82, 2.24) is 4.98 Å². The molecule has 0 fully saturated rings. The number of para-hydroxylation sites is 1. The SMILES string of the molecule is CCc1ccc(-c2cc(C(=O)Nc3cc(Cl)ccc3OC)c3ccccc3n2)cc1. The highest BCUT2D eigenvalue weighted by Crippen LogP contribution is 2.30. The summed E-state index contributed by atoms with van der Waals surface area (Å²) in [6, 6.07) is 22.8. The number of amides is 1. The van der Waals surface area contributed by atoms with Gasteiger partial charge in [0.2, 0.25) is 0 Å². The summed E-state index contributed by atoms with van der Waals surface area (Å²) in [7, 11) is 1.55. The Morgan fingerprint density at radius 2 is 1.80 bits per heavy atom. The number of carbonyl (C=O) groups is 1. The molecule has 4 nitrogen and oxygen atoms in total. The Bertz CT molecular complexity index is 1220. The molecule has 0 bridgehead atoms. The summed E-state index contributed by atoms with van der Waals surface area (Å²) in [5.41, 5.74) is 4.79. The van der Waals surface area contributed by atoms with E-state index in [1.54, 1.807) is 25.3 Å². The lowest BCUT2D eigenvalue weighted by Gasteiger charge is -2.13. The van der Waals surface area contributed by atoms with Gasteiger partial charge in [-0.3, -0.25) is 4.79 Å². The maximum absolute atomic E-state index is 13.3. The molecule has 0 spiro atoms. The summed E-state index contributed by atoms with van der Waals surface area (Å²) < 4.78 is 5.35. The van der Waals surface area contributed by atoms with E-state index in [0.717, 1.165) is 28.6 Å². The van der Waals surface area contributed by atoms with E-state index in [1.165, 1.54) is 5.56 Å². The standard InChI is InChI=1S/C25H21ClN2O2/c1-3-16-8-10-17(11-9-16)22-15-20(19-6-4-5-7-21(19)27-22)25(29)28-23-14-18(26)12-13-24(23)30-2/h4-15H,3H2,1-2H3,(H,28,29). The number of nitrogens with one attached hydrogen (secondary N) is 1. The summed E-state index contributed by atoms with van der Waals surface area (Å²) in [5, 5.41) is 4.23. The molecule has 0 aliphatic carbocycles. The molecule has 4 aromatic rings. The molecule has 1 heterocycles. The maximum atomic E-state index is 13.3. The van der Waals surface area contributed by atoms with Crippen molar-refractivity contribution in [2.45, 2.75) is 13.3 Å². The molecule has 0 saturated carbocycles. The van der Waals surface area contributed by atoms with Gasteiger partial charge in [-0.05, 0) is 42.3 Å². The molecule has 0 unspecified atom stereocenters. The van der Waals surface area contributed by atoms with E-state index in [4.69, 9.17) is 21.3 Å². The number of methoxy groups -OCH3 is 1. The van der Waals surface area contributed by atoms with Crippen LogP contribution in [0.3, 0.4) is 0 Å². The third-order valence-electron chi connectivity index (χ3n) is 5.03. The van der Waals surface area contributed by atoms with Gasteiger partial charge in [-0.1, -0.05) is 61.0 Å². The van der Waals surface area contributed by atoms with Gasteiger partial charge in [0, 0.05) is 16.0 Å². The van der Waals surface area contributed by atoms with Gasteiger partial charge in [0.25, 0.3) is 5.91 Å². The van der Waals surface area contributed by atoms with Crippen LogP contribution in [0.1, 0.15) is 22.8 Å². The van der Waals surface area contributed by atoms with E-state index in [1.807, 2.05) is 42.5 Å². The van der Waals surface area contributed by atoms with Crippen LogP contribution in [0.4, 0.5) is 5.69 Å². The van der Waals surface area contributed by atoms with Gasteiger partial charge in [-0.15, -0.1) is 0 Å². The fraction of sp³-hybridized carbons (Fsp3) is 0.120. The molecule has 0 saturated heterocycles. The van der Waals surface area contributed by atoms with E-state index >= 15 is 0 Å². The first-order valence-electron chi connectivity index (χ1n) is 9.73. The number of aromatic nitrogens is 1. The third-order valence-corrected chi connectivity index (χ3v) is 5.26. The highest BCUT2D eigenvalue weighted by molar-refractivity contribution is 6.31. The van der Waals surface area contributed by atoms with Crippen molar-refractivity contribution in [3.05, 3.63) is 88.9 Å². The lowest BCUT2D eigenvalue weighted by molar-refractivity contribution is 0.102. The lowest BCUT2D eigenvalue weighted by Crippen LogP contribution is -2.14. The number of halogens is 1. The fourth-order valence-corrected chi connectivity index (χ4v) is 3.56. The number of rotatable bonds is 5. The summed E-state index contributed by atoms with van der Waals surface area (Å²) >= 11 is 6.11. The van der Waals surface area contributed by atoms with E-state index in [0.29, 0.717) is 22.0 Å². The molecule has 1 aromatic heterocycles. The van der Waals surface area contributed by atoms with Gasteiger partial charge in [0.1, 0.15) is 5.75 Å². The maximum Gasteiger partial charge on any atom is 0.256 e. The van der Waals surface area contributed by atoms with Gasteiger partial charge in [0.15, 0.2) is 0 Å². The summed E-state index contributed by atoms with van der Waals surface area (Å²) in [4.78, 5) is 18.0. The fourth-order valence-electron chi connectivity index (χ4n) is 3.39. The predicted octanol–water partition coefficient (Wildman–Crippen LogP) is 6.38. The van der Waals surface area contributed by atoms with Gasteiger partial charge in [0.05, 0.1) is 29.6 Å². The Labute approximate surface area is 180 Å². The quantitative estimate of drug-likeness (QED) is 0.410. The van der Waals surface area contributed by atoms with Crippen LogP contribution in [0.15, 0.2) is 72.8 Å². The molecular formula is C25H21ClN2O2. The second-order valence-corrected chi connectivity index (χ2v) is 7.36. The zero-order chi connectivity index (χ0) is 21.1. The minimum atomic E-state index is -0.249. The summed E-state index contributed by atoms with van der Waals surface area (Å²) in [6.45, 7) is 2.12. The molecular weight excluding hydrogens is 396 g/mol. The van der Waals surface area contributed by atoms with E-state index in [-0.39, 0.29) is 5.91 Å². The van der Waals surface area contributed by atoms with Crippen LogP contribution < -0.4 is 10.1 Å². The van der Waals surface area contributed by atoms with Gasteiger partial charge in [-0.2, -0.15) is 0 Å². The van der Waals surface area contributed by atoms with E-state index in [2.05, 4.69) is 24.4 Å². The largest absolute Gasteiger partial charge is 0.495 e. The van der Waals surface area contributed by atoms with Crippen LogP contribution in [0, 0.1) is 0 Å². The molecule has 150 valence electrons. The average molecular weight is 417 g/mol. The van der Waals surface area contributed by atoms with Crippen molar-refractivity contribution in [2.24, 2.45) is 0 Å². The second kappa shape index (κ2) is 8.56. The van der Waals surface area contributed by atoms with Gasteiger partial charge >= 0.3 is 0 Å². The van der Waals surface area contributed by atoms with Crippen LogP contribution >= 0.6 is 11.6 Å². The molecule has 0 atom stereocenters. The van der Waals surface area contributed by atoms with Crippen LogP contribution in [0.25, 0.3) is 22.2 Å². The first kappa shape index (κ1) is 19.9. The van der Waals surface area contributed by atoms with Crippen LogP contribution in [0.5, 0.6) is 5.75 Å². The van der Waals surface area contributed by atoms with Crippen molar-refractivity contribution in [3.8, 4) is 17.0 Å². The smallest absolute Gasteiger partial charge is 0.256 e. The first-order chi connectivity index (χ1) is 14.6. The molecule has 0 radical (unpaired) electrons. The molecule has 3 aromatic carbocycles. The molecule has 0 aliphatic rings. The second-order valence-electron chi connectivity index (χ2n) is 6.92. The Morgan fingerprint density at radius 1 is 1.03 bits per heavy atom. The Balaban J connectivity index is 1.79. The van der Waals surface area contributed by atoms with Crippen LogP contribution in [-0.2, 0) is 6.42 Å². The monoisotopic (exact) mass is 416 g/mol. The zero-order valence-corrected chi connectivity index (χ0v) is 17.5. The number of aryl methyl sites for hydroxylation is 1. The average Bonchev–Trinajstić information content (AvgIpc) is 2.78. The van der Waals surface area contributed by atoms with Crippen molar-refractivity contribution >= 4 is 34.1 Å². The van der Waals surface area contributed by atoms with Crippen molar-refractivity contribution in [3.63, 3.8) is 0 Å². The van der Waals surface area contributed by atoms with Gasteiger partial charge in [-0.25, -0.2) is 4.98 Å². The van der Waals surface area contributed by atoms with Crippen molar-refractivity contribution < 1.29 is 9.53 Å². The topological polar surface area (TPSA) is 51.2 Å². The zero-order valence-electron chi connectivity index (χ0n) is 16.8. The summed E-state index contributed by atoms with van der Waals surface area (Å²) in [5.74, 6) is 0.294. The molecule has 0 aliphatic heterocycles. The number of ether oxygens (including phenoxy) is 1. The minimum absolute atomic E-state index is 0.249. The van der Waals surface area contributed by atoms with E-state index < -0.39 is 0 Å². The lowest BCUT2D eigenvalue weighted by atomic mass is 10.0. The normalized spacial score (nSPS) is 10.8. The highest BCUT2D eigenvalue weighted by atomic mass is 35.5. The van der Waals surface area contributed by atoms with Crippen LogP contribution in [0.2, 0.25) is 5.02 Å². The molecule has 1 amide bonds. The molecule has 1 N–H and O–H groups in total. The molecule has 5 heteroatoms. The summed E-state index contributed by atoms with van der Waals surface area (Å²) in [6.07, 6.45) is 0.973. The number of carbonyl (C=O) groups excluding carboxylic acids is 1. The number of hydrogen-bond donors (Lipinski definition) is 1. The van der Waals surface area contributed by atoms with Crippen molar-refractivity contribution in [1.29, 1.82) is 0 Å². The first-order valence-corrected chi connectivity index (χ1v) is 10.1. The van der Waals surface area contributed by atoms with E-state index in [9.17, 15) is 4.79 Å². The number of benzene rings is 3. The Hall–Kier alpha value is -3.37. The predicted molar refractivity (Wildman–Crippen MR) is 123 cm³/mol. The number of hydrogen-bond acceptors (Lipinski definition) is 3. The number of anilines is 1. The van der Waals surface area contributed by atoms with Crippen LogP contribution in [-0.4, -0.2) is 18.0 Å². The molecule has 4 rings (SSSR count). The third kappa shape index (κ3) is 4.00.